The van der Waals surface area contributed by atoms with E-state index in [1.807, 2.05) is 0 Å². The Morgan fingerprint density at radius 2 is 1.65 bits per heavy atom. The number of ether oxygens (including phenoxy) is 2. The fraction of sp³-hybridized carbons (Fsp3) is 0.867. The van der Waals surface area contributed by atoms with Crippen LogP contribution in [0.1, 0.15) is 38.5 Å². The monoisotopic (exact) mass is 281 g/mol. The predicted octanol–water partition coefficient (Wildman–Crippen LogP) is 2.10. The number of nitrogens with one attached hydrogen (secondary N) is 2. The molecule has 2 aliphatic rings. The summed E-state index contributed by atoms with van der Waals surface area (Å²) in [6.45, 7) is 4.90. The van der Waals surface area contributed by atoms with Crippen molar-refractivity contribution in [1.82, 2.24) is 4.90 Å². The Bertz CT molecular complexity index is 300. The minimum atomic E-state index is 0.439. The van der Waals surface area contributed by atoms with Crippen LogP contribution < -0.4 is 0 Å². The molecule has 0 radical (unpaired) electrons. The third kappa shape index (κ3) is 7.12. The average molecular weight is 281 g/mol. The zero-order valence-electron chi connectivity index (χ0n) is 12.3. The largest absolute Gasteiger partial charge is 0.372 e. The van der Waals surface area contributed by atoms with Gasteiger partial charge in [0.1, 0.15) is 0 Å². The van der Waals surface area contributed by atoms with Gasteiger partial charge in [-0.15, -0.1) is 0 Å². The van der Waals surface area contributed by atoms with E-state index in [1.165, 1.54) is 6.21 Å². The fourth-order valence-corrected chi connectivity index (χ4v) is 2.41. The molecular formula is C15H27N3O2. The molecule has 114 valence electrons. The van der Waals surface area contributed by atoms with E-state index in [0.717, 1.165) is 77.1 Å². The molecule has 2 saturated heterocycles. The molecule has 2 atom stereocenters. The maximum Gasteiger partial charge on any atom is 0.0936 e. The Kier molecular flexibility index (Phi) is 6.63. The number of hydrogen-bond acceptors (Lipinski definition) is 5. The molecule has 5 nitrogen and oxygen atoms in total. The number of epoxide rings is 2. The first kappa shape index (κ1) is 15.6. The molecule has 0 amide bonds. The van der Waals surface area contributed by atoms with Gasteiger partial charge in [-0.1, -0.05) is 0 Å². The van der Waals surface area contributed by atoms with Gasteiger partial charge in [-0.25, -0.2) is 0 Å². The molecule has 2 heterocycles. The molecule has 20 heavy (non-hydrogen) atoms. The standard InChI is InChI=1S/C15H27N3O2/c16-7-3-1-2-5-13(17)6-4-8-18(9-14-11-19-14)10-15-12-20-15/h7,14-17H,1-6,8-12H2. The normalized spacial score (nSPS) is 23.9. The molecule has 0 spiro atoms. The van der Waals surface area contributed by atoms with E-state index in [4.69, 9.17) is 20.3 Å². The Labute approximate surface area is 121 Å². The Balaban J connectivity index is 1.52. The van der Waals surface area contributed by atoms with Gasteiger partial charge in [0.05, 0.1) is 25.4 Å². The smallest absolute Gasteiger partial charge is 0.0936 e. The summed E-state index contributed by atoms with van der Waals surface area (Å²) in [5.74, 6) is 0. The van der Waals surface area contributed by atoms with Gasteiger partial charge in [0, 0.05) is 18.8 Å². The summed E-state index contributed by atoms with van der Waals surface area (Å²) in [7, 11) is 0. The number of nitrogens with zero attached hydrogens (tertiary/aromatic N) is 1. The Hall–Kier alpha value is -0.780. The van der Waals surface area contributed by atoms with Crippen LogP contribution in [0.4, 0.5) is 0 Å². The molecule has 0 saturated carbocycles. The molecule has 0 aromatic carbocycles. The van der Waals surface area contributed by atoms with E-state index < -0.39 is 0 Å². The average Bonchev–Trinajstić information content (AvgIpc) is 3.31. The highest BCUT2D eigenvalue weighted by Gasteiger charge is 2.30. The topological polar surface area (TPSA) is 76.0 Å². The first-order chi connectivity index (χ1) is 9.78. The molecule has 2 aliphatic heterocycles. The van der Waals surface area contributed by atoms with Gasteiger partial charge in [0.15, 0.2) is 0 Å². The summed E-state index contributed by atoms with van der Waals surface area (Å²) in [5.41, 5.74) is 0.861. The molecule has 0 aliphatic carbocycles. The second kappa shape index (κ2) is 8.49. The summed E-state index contributed by atoms with van der Waals surface area (Å²) in [4.78, 5) is 2.43. The van der Waals surface area contributed by atoms with Gasteiger partial charge in [-0.2, -0.15) is 0 Å². The molecule has 5 heteroatoms. The van der Waals surface area contributed by atoms with E-state index in [2.05, 4.69) is 4.90 Å². The van der Waals surface area contributed by atoms with E-state index in [9.17, 15) is 0 Å². The molecule has 2 N–H and O–H groups in total. The maximum absolute atomic E-state index is 7.95. The van der Waals surface area contributed by atoms with Crippen LogP contribution in [0.5, 0.6) is 0 Å². The van der Waals surface area contributed by atoms with Crippen molar-refractivity contribution < 1.29 is 9.47 Å². The molecule has 0 aromatic rings. The highest BCUT2D eigenvalue weighted by Crippen LogP contribution is 2.16. The van der Waals surface area contributed by atoms with Crippen molar-refractivity contribution in [2.75, 3.05) is 32.8 Å². The second-order valence-corrected chi connectivity index (χ2v) is 5.83. The van der Waals surface area contributed by atoms with Crippen LogP contribution in [-0.4, -0.2) is 61.9 Å². The van der Waals surface area contributed by atoms with Gasteiger partial charge in [-0.05, 0) is 51.3 Å². The molecule has 2 rings (SSSR count). The summed E-state index contributed by atoms with van der Waals surface area (Å²) < 4.78 is 10.6. The van der Waals surface area contributed by atoms with Gasteiger partial charge in [-0.3, -0.25) is 4.90 Å². The van der Waals surface area contributed by atoms with Crippen LogP contribution in [0.2, 0.25) is 0 Å². The minimum absolute atomic E-state index is 0.439. The quantitative estimate of drug-likeness (QED) is 0.308. The van der Waals surface area contributed by atoms with Crippen LogP contribution in [0.3, 0.4) is 0 Å². The van der Waals surface area contributed by atoms with Gasteiger partial charge in [0.2, 0.25) is 0 Å². The van der Waals surface area contributed by atoms with Crippen molar-refractivity contribution in [2.24, 2.45) is 0 Å². The van der Waals surface area contributed by atoms with Crippen molar-refractivity contribution in [2.45, 2.75) is 50.7 Å². The Morgan fingerprint density at radius 3 is 2.20 bits per heavy atom. The van der Waals surface area contributed by atoms with Crippen molar-refractivity contribution in [1.29, 1.82) is 10.8 Å². The molecule has 0 aromatic heterocycles. The first-order valence-electron chi connectivity index (χ1n) is 7.78. The van der Waals surface area contributed by atoms with Gasteiger partial charge in [0.25, 0.3) is 0 Å². The van der Waals surface area contributed by atoms with Crippen molar-refractivity contribution in [3.8, 4) is 0 Å². The lowest BCUT2D eigenvalue weighted by Crippen LogP contribution is -2.32. The number of hydrogen-bond donors (Lipinski definition) is 2. The second-order valence-electron chi connectivity index (χ2n) is 5.83. The first-order valence-corrected chi connectivity index (χ1v) is 7.78. The lowest BCUT2D eigenvalue weighted by atomic mass is 10.1. The fourth-order valence-electron chi connectivity index (χ4n) is 2.41. The summed E-state index contributed by atoms with van der Waals surface area (Å²) in [6.07, 6.45) is 8.13. The number of unbranched alkanes of at least 4 members (excludes halogenated alkanes) is 2. The maximum atomic E-state index is 7.95. The van der Waals surface area contributed by atoms with Crippen molar-refractivity contribution >= 4 is 11.9 Å². The number of rotatable bonds is 13. The Morgan fingerprint density at radius 1 is 1.05 bits per heavy atom. The van der Waals surface area contributed by atoms with Gasteiger partial charge >= 0.3 is 0 Å². The molecular weight excluding hydrogens is 254 g/mol. The third-order valence-corrected chi connectivity index (χ3v) is 3.76. The van der Waals surface area contributed by atoms with E-state index in [1.54, 1.807) is 0 Å². The third-order valence-electron chi connectivity index (χ3n) is 3.76. The lowest BCUT2D eigenvalue weighted by molar-refractivity contribution is 0.218. The van der Waals surface area contributed by atoms with Crippen LogP contribution in [0.25, 0.3) is 0 Å². The lowest BCUT2D eigenvalue weighted by Gasteiger charge is -2.20. The van der Waals surface area contributed by atoms with Crippen LogP contribution in [-0.2, 0) is 9.47 Å². The molecule has 0 bridgehead atoms. The van der Waals surface area contributed by atoms with E-state index in [-0.39, 0.29) is 0 Å². The minimum Gasteiger partial charge on any atom is -0.372 e. The van der Waals surface area contributed by atoms with Crippen molar-refractivity contribution in [3.05, 3.63) is 0 Å². The van der Waals surface area contributed by atoms with E-state index >= 15 is 0 Å². The van der Waals surface area contributed by atoms with Crippen LogP contribution in [0, 0.1) is 10.8 Å². The summed E-state index contributed by atoms with van der Waals surface area (Å²) in [6, 6.07) is 0. The van der Waals surface area contributed by atoms with Crippen molar-refractivity contribution in [3.63, 3.8) is 0 Å². The van der Waals surface area contributed by atoms with Crippen LogP contribution >= 0.6 is 0 Å². The summed E-state index contributed by atoms with van der Waals surface area (Å²) in [5, 5.41) is 14.9. The van der Waals surface area contributed by atoms with E-state index in [0.29, 0.717) is 12.2 Å². The highest BCUT2D eigenvalue weighted by atomic mass is 16.6. The summed E-state index contributed by atoms with van der Waals surface area (Å²) >= 11 is 0. The zero-order valence-corrected chi connectivity index (χ0v) is 12.3. The predicted molar refractivity (Wildman–Crippen MR) is 80.1 cm³/mol. The van der Waals surface area contributed by atoms with Crippen LogP contribution in [0.15, 0.2) is 0 Å². The molecule has 2 unspecified atom stereocenters. The molecule has 2 fully saturated rings. The zero-order chi connectivity index (χ0) is 14.2. The highest BCUT2D eigenvalue weighted by molar-refractivity contribution is 5.81. The van der Waals surface area contributed by atoms with Gasteiger partial charge < -0.3 is 20.3 Å². The SMILES string of the molecule is N=CCCCCC(=N)CCCN(CC1CO1)CC1CO1.